The van der Waals surface area contributed by atoms with Gasteiger partial charge in [-0.3, -0.25) is 0 Å². The van der Waals surface area contributed by atoms with Gasteiger partial charge in [0.25, 0.3) is 0 Å². The molecule has 100 valence electrons. The smallest absolute Gasteiger partial charge is 0.243 e. The van der Waals surface area contributed by atoms with Crippen molar-refractivity contribution in [2.24, 2.45) is 5.73 Å². The van der Waals surface area contributed by atoms with Gasteiger partial charge in [0.15, 0.2) is 5.69 Å². The van der Waals surface area contributed by atoms with Crippen molar-refractivity contribution >= 4 is 17.2 Å². The summed E-state index contributed by atoms with van der Waals surface area (Å²) in [4.78, 5) is 8.38. The molecule has 0 amide bonds. The van der Waals surface area contributed by atoms with Crippen molar-refractivity contribution in [3.63, 3.8) is 0 Å². The maximum absolute atomic E-state index is 5.56. The first-order valence-electron chi connectivity index (χ1n) is 6.49. The Labute approximate surface area is 114 Å². The van der Waals surface area contributed by atoms with Crippen LogP contribution >= 0.6 is 12.2 Å². The molecule has 4 nitrogen and oxygen atoms in total. The summed E-state index contributed by atoms with van der Waals surface area (Å²) >= 11 is 4.89. The normalized spacial score (nSPS) is 10.3. The lowest BCUT2D eigenvalue weighted by Gasteiger charge is -2.07. The monoisotopic (exact) mass is 267 g/mol. The Morgan fingerprint density at radius 2 is 1.83 bits per heavy atom. The van der Waals surface area contributed by atoms with Crippen LogP contribution in [0.2, 0.25) is 0 Å². The summed E-state index contributed by atoms with van der Waals surface area (Å²) in [5, 5.41) is 0. The molecule has 0 aromatic carbocycles. The molecule has 0 unspecified atom stereocenters. The van der Waals surface area contributed by atoms with E-state index in [0.29, 0.717) is 18.2 Å². The molecule has 1 aromatic rings. The highest BCUT2D eigenvalue weighted by molar-refractivity contribution is 7.80. The van der Waals surface area contributed by atoms with Crippen LogP contribution in [0.15, 0.2) is 12.4 Å². The molecule has 1 heterocycles. The first-order chi connectivity index (χ1) is 8.75. The van der Waals surface area contributed by atoms with Crippen molar-refractivity contribution in [2.45, 2.75) is 45.4 Å². The summed E-state index contributed by atoms with van der Waals surface area (Å²) in [5.41, 5.74) is 6.02. The van der Waals surface area contributed by atoms with Gasteiger partial charge in [0.2, 0.25) is 5.88 Å². The van der Waals surface area contributed by atoms with Crippen LogP contribution in [0.3, 0.4) is 0 Å². The second-order valence-electron chi connectivity index (χ2n) is 4.19. The lowest BCUT2D eigenvalue weighted by Crippen LogP contribution is -2.15. The molecular formula is C13H21N3OS. The molecule has 0 aliphatic carbocycles. The zero-order valence-electron chi connectivity index (χ0n) is 10.9. The van der Waals surface area contributed by atoms with Gasteiger partial charge >= 0.3 is 0 Å². The number of aromatic nitrogens is 2. The molecular weight excluding hydrogens is 246 g/mol. The number of nitrogens with zero attached hydrogens (tertiary/aromatic N) is 2. The molecule has 0 aliphatic rings. The van der Waals surface area contributed by atoms with Crippen LogP contribution in [0.1, 0.15) is 51.1 Å². The van der Waals surface area contributed by atoms with E-state index < -0.39 is 0 Å². The highest BCUT2D eigenvalue weighted by Gasteiger charge is 2.08. The molecule has 0 radical (unpaired) electrons. The van der Waals surface area contributed by atoms with Gasteiger partial charge in [-0.2, -0.15) is 0 Å². The van der Waals surface area contributed by atoms with Crippen LogP contribution in [-0.4, -0.2) is 21.6 Å². The summed E-state index contributed by atoms with van der Waals surface area (Å²) in [7, 11) is 0. The second kappa shape index (κ2) is 8.80. The molecule has 0 aliphatic heterocycles. The average molecular weight is 267 g/mol. The average Bonchev–Trinajstić information content (AvgIpc) is 2.38. The van der Waals surface area contributed by atoms with Gasteiger partial charge in [-0.05, 0) is 6.42 Å². The predicted molar refractivity (Wildman–Crippen MR) is 76.8 cm³/mol. The van der Waals surface area contributed by atoms with Crippen LogP contribution in [0.5, 0.6) is 5.88 Å². The van der Waals surface area contributed by atoms with E-state index in [4.69, 9.17) is 22.7 Å². The quantitative estimate of drug-likeness (QED) is 0.550. The number of hydrogen-bond donors (Lipinski definition) is 1. The summed E-state index contributed by atoms with van der Waals surface area (Å²) in [6, 6.07) is 0. The Bertz CT molecular complexity index is 371. The Kier molecular flexibility index (Phi) is 7.25. The Morgan fingerprint density at radius 1 is 1.17 bits per heavy atom. The van der Waals surface area contributed by atoms with Gasteiger partial charge < -0.3 is 10.5 Å². The molecule has 0 bridgehead atoms. The molecule has 18 heavy (non-hydrogen) atoms. The van der Waals surface area contributed by atoms with E-state index in [0.717, 1.165) is 6.42 Å². The third-order valence-electron chi connectivity index (χ3n) is 2.63. The van der Waals surface area contributed by atoms with Crippen LogP contribution in [0.4, 0.5) is 0 Å². The topological polar surface area (TPSA) is 61.0 Å². The molecule has 2 N–H and O–H groups in total. The summed E-state index contributed by atoms with van der Waals surface area (Å²) in [6.45, 7) is 2.86. The molecule has 0 fully saturated rings. The van der Waals surface area contributed by atoms with E-state index in [1.807, 2.05) is 0 Å². The Morgan fingerprint density at radius 3 is 2.56 bits per heavy atom. The minimum Gasteiger partial charge on any atom is -0.476 e. The standard InChI is InChI=1S/C13H21N3OS/c1-2-3-4-5-6-7-10-17-13-11(12(14)18)15-8-9-16-13/h8-9H,2-7,10H2,1H3,(H2,14,18). The van der Waals surface area contributed by atoms with Gasteiger partial charge in [-0.1, -0.05) is 51.2 Å². The summed E-state index contributed by atoms with van der Waals surface area (Å²) in [6.07, 6.45) is 10.5. The first-order valence-corrected chi connectivity index (χ1v) is 6.90. The van der Waals surface area contributed by atoms with E-state index in [1.54, 1.807) is 12.4 Å². The van der Waals surface area contributed by atoms with Crippen molar-refractivity contribution in [3.05, 3.63) is 18.1 Å². The summed E-state index contributed by atoms with van der Waals surface area (Å²) < 4.78 is 5.56. The van der Waals surface area contributed by atoms with Crippen molar-refractivity contribution in [1.82, 2.24) is 9.97 Å². The highest BCUT2D eigenvalue weighted by atomic mass is 32.1. The van der Waals surface area contributed by atoms with Gasteiger partial charge in [0.05, 0.1) is 6.61 Å². The maximum Gasteiger partial charge on any atom is 0.243 e. The predicted octanol–water partition coefficient (Wildman–Crippen LogP) is 2.85. The number of unbranched alkanes of at least 4 members (excludes halogenated alkanes) is 5. The molecule has 0 atom stereocenters. The zero-order valence-corrected chi connectivity index (χ0v) is 11.7. The fourth-order valence-electron chi connectivity index (χ4n) is 1.65. The van der Waals surface area contributed by atoms with Crippen LogP contribution < -0.4 is 10.5 Å². The molecule has 0 saturated heterocycles. The SMILES string of the molecule is CCCCCCCCOc1nccnc1C(N)=S. The lowest BCUT2D eigenvalue weighted by atomic mass is 10.1. The highest BCUT2D eigenvalue weighted by Crippen LogP contribution is 2.12. The maximum atomic E-state index is 5.56. The van der Waals surface area contributed by atoms with Gasteiger partial charge in [-0.25, -0.2) is 9.97 Å². The number of hydrogen-bond acceptors (Lipinski definition) is 4. The van der Waals surface area contributed by atoms with Crippen molar-refractivity contribution < 1.29 is 4.74 Å². The first kappa shape index (κ1) is 14.8. The third-order valence-corrected chi connectivity index (χ3v) is 2.83. The molecule has 1 aromatic heterocycles. The number of thiocarbonyl (C=S) groups is 1. The number of ether oxygens (including phenoxy) is 1. The molecule has 5 heteroatoms. The van der Waals surface area contributed by atoms with Crippen molar-refractivity contribution in [2.75, 3.05) is 6.61 Å². The van der Waals surface area contributed by atoms with E-state index in [2.05, 4.69) is 16.9 Å². The molecule has 0 saturated carbocycles. The number of nitrogens with two attached hydrogens (primary N) is 1. The van der Waals surface area contributed by atoms with E-state index in [9.17, 15) is 0 Å². The van der Waals surface area contributed by atoms with E-state index in [1.165, 1.54) is 32.1 Å². The zero-order chi connectivity index (χ0) is 13.2. The second-order valence-corrected chi connectivity index (χ2v) is 4.63. The third kappa shape index (κ3) is 5.40. The minimum absolute atomic E-state index is 0.223. The Balaban J connectivity index is 2.25. The van der Waals surface area contributed by atoms with Crippen LogP contribution in [-0.2, 0) is 0 Å². The fourth-order valence-corrected chi connectivity index (χ4v) is 1.79. The van der Waals surface area contributed by atoms with Crippen LogP contribution in [0.25, 0.3) is 0 Å². The van der Waals surface area contributed by atoms with Gasteiger partial charge in [0, 0.05) is 12.4 Å². The number of rotatable bonds is 9. The van der Waals surface area contributed by atoms with E-state index in [-0.39, 0.29) is 4.99 Å². The lowest BCUT2D eigenvalue weighted by molar-refractivity contribution is 0.291. The van der Waals surface area contributed by atoms with Gasteiger partial charge in [-0.15, -0.1) is 0 Å². The van der Waals surface area contributed by atoms with Crippen molar-refractivity contribution in [3.8, 4) is 5.88 Å². The Hall–Kier alpha value is -1.23. The van der Waals surface area contributed by atoms with Gasteiger partial charge in [0.1, 0.15) is 4.99 Å². The van der Waals surface area contributed by atoms with Crippen LogP contribution in [0, 0.1) is 0 Å². The van der Waals surface area contributed by atoms with E-state index >= 15 is 0 Å². The fraction of sp³-hybridized carbons (Fsp3) is 0.615. The molecule has 0 spiro atoms. The summed E-state index contributed by atoms with van der Waals surface area (Å²) in [5.74, 6) is 0.443. The largest absolute Gasteiger partial charge is 0.476 e. The molecule has 1 rings (SSSR count). The minimum atomic E-state index is 0.223. The van der Waals surface area contributed by atoms with Crippen molar-refractivity contribution in [1.29, 1.82) is 0 Å².